The van der Waals surface area contributed by atoms with Gasteiger partial charge in [-0.05, 0) is 48.9 Å². The number of halogens is 3. The predicted molar refractivity (Wildman–Crippen MR) is 116 cm³/mol. The molecule has 5 nitrogen and oxygen atoms in total. The van der Waals surface area contributed by atoms with Gasteiger partial charge in [0, 0.05) is 13.6 Å². The Morgan fingerprint density at radius 1 is 0.969 bits per heavy atom. The van der Waals surface area contributed by atoms with Gasteiger partial charge >= 0.3 is 6.18 Å². The normalized spacial score (nSPS) is 11.8. The molecular weight excluding hydrogens is 441 g/mol. The maximum atomic E-state index is 13.0. The van der Waals surface area contributed by atoms with Crippen molar-refractivity contribution >= 4 is 21.6 Å². The number of nitrogens with one attached hydrogen (secondary N) is 1. The van der Waals surface area contributed by atoms with Gasteiger partial charge in [-0.15, -0.1) is 0 Å². The summed E-state index contributed by atoms with van der Waals surface area (Å²) in [5.41, 5.74) is 0.591. The monoisotopic (exact) mass is 462 g/mol. The molecule has 0 aliphatic carbocycles. The van der Waals surface area contributed by atoms with Crippen molar-refractivity contribution in [2.45, 2.75) is 24.5 Å². The fourth-order valence-electron chi connectivity index (χ4n) is 3.07. The van der Waals surface area contributed by atoms with Crippen molar-refractivity contribution in [3.8, 4) is 0 Å². The van der Waals surface area contributed by atoms with E-state index in [1.54, 1.807) is 24.3 Å². The molecule has 0 radical (unpaired) electrons. The average molecular weight is 462 g/mol. The molecule has 3 rings (SSSR count). The Hall–Kier alpha value is -3.33. The number of rotatable bonds is 6. The minimum absolute atomic E-state index is 0.0739. The molecule has 0 unspecified atom stereocenters. The van der Waals surface area contributed by atoms with Gasteiger partial charge in [0.15, 0.2) is 0 Å². The molecule has 0 aliphatic rings. The number of para-hydroxylation sites is 1. The van der Waals surface area contributed by atoms with E-state index >= 15 is 0 Å². The van der Waals surface area contributed by atoms with Crippen LogP contribution in [0.25, 0.3) is 0 Å². The molecule has 3 aromatic rings. The maximum Gasteiger partial charge on any atom is 0.416 e. The van der Waals surface area contributed by atoms with E-state index in [0.717, 1.165) is 22.0 Å². The van der Waals surface area contributed by atoms with Crippen LogP contribution in [0, 0.1) is 6.92 Å². The summed E-state index contributed by atoms with van der Waals surface area (Å²) in [5, 5.41) is 2.56. The summed E-state index contributed by atoms with van der Waals surface area (Å²) in [6.07, 6.45) is -4.49. The highest BCUT2D eigenvalue weighted by molar-refractivity contribution is 7.92. The van der Waals surface area contributed by atoms with Gasteiger partial charge in [0.05, 0.1) is 21.7 Å². The second-order valence-electron chi connectivity index (χ2n) is 7.18. The molecular formula is C23H21F3N2O3S. The third-order valence-electron chi connectivity index (χ3n) is 4.87. The van der Waals surface area contributed by atoms with E-state index in [2.05, 4.69) is 5.32 Å². The molecule has 0 bridgehead atoms. The minimum Gasteiger partial charge on any atom is -0.348 e. The lowest BCUT2D eigenvalue weighted by molar-refractivity contribution is -0.137. The predicted octanol–water partition coefficient (Wildman–Crippen LogP) is 4.77. The van der Waals surface area contributed by atoms with Crippen LogP contribution in [0.1, 0.15) is 27.0 Å². The first-order chi connectivity index (χ1) is 15.0. The number of amides is 1. The highest BCUT2D eigenvalue weighted by Crippen LogP contribution is 2.30. The number of carbonyl (C=O) groups is 1. The zero-order valence-corrected chi connectivity index (χ0v) is 18.2. The van der Waals surface area contributed by atoms with Crippen molar-refractivity contribution in [2.24, 2.45) is 0 Å². The quantitative estimate of drug-likeness (QED) is 0.574. The smallest absolute Gasteiger partial charge is 0.348 e. The van der Waals surface area contributed by atoms with Crippen molar-refractivity contribution in [3.05, 3.63) is 95.1 Å². The molecule has 0 saturated heterocycles. The number of aryl methyl sites for hydroxylation is 1. The fraction of sp³-hybridized carbons (Fsp3) is 0.174. The third-order valence-corrected chi connectivity index (χ3v) is 6.66. The number of anilines is 1. The number of alkyl halides is 3. The zero-order chi connectivity index (χ0) is 23.5. The number of carbonyl (C=O) groups excluding carboxylic acids is 1. The Bertz CT molecular complexity index is 1220. The molecule has 0 heterocycles. The van der Waals surface area contributed by atoms with E-state index in [-0.39, 0.29) is 28.3 Å². The van der Waals surface area contributed by atoms with Gasteiger partial charge in [0.1, 0.15) is 0 Å². The summed E-state index contributed by atoms with van der Waals surface area (Å²) in [7, 11) is -2.58. The van der Waals surface area contributed by atoms with Crippen LogP contribution in [-0.4, -0.2) is 21.4 Å². The number of nitrogens with zero attached hydrogens (tertiary/aromatic N) is 1. The van der Waals surface area contributed by atoms with E-state index in [1.165, 1.54) is 43.4 Å². The van der Waals surface area contributed by atoms with Crippen molar-refractivity contribution in [3.63, 3.8) is 0 Å². The summed E-state index contributed by atoms with van der Waals surface area (Å²) in [5.74, 6) is -0.607. The van der Waals surface area contributed by atoms with Gasteiger partial charge in [-0.1, -0.05) is 42.0 Å². The molecule has 0 saturated carbocycles. The van der Waals surface area contributed by atoms with Gasteiger partial charge in [-0.25, -0.2) is 8.42 Å². The van der Waals surface area contributed by atoms with E-state index < -0.39 is 27.7 Å². The Labute approximate surface area is 184 Å². The molecule has 1 N–H and O–H groups in total. The standard InChI is InChI=1S/C23H21F3N2O3S/c1-16-10-12-19(13-11-16)32(30,31)28(2)21-9-4-3-8-20(21)22(29)27-15-17-6-5-7-18(14-17)23(24,25)26/h3-14H,15H2,1-2H3,(H,27,29). The van der Waals surface area contributed by atoms with Crippen molar-refractivity contribution < 1.29 is 26.4 Å². The Balaban J connectivity index is 1.83. The molecule has 9 heteroatoms. The fourth-order valence-corrected chi connectivity index (χ4v) is 4.29. The number of hydrogen-bond acceptors (Lipinski definition) is 3. The minimum atomic E-state index is -4.49. The van der Waals surface area contributed by atoms with Gasteiger partial charge in [0.2, 0.25) is 0 Å². The molecule has 168 valence electrons. The van der Waals surface area contributed by atoms with Crippen LogP contribution in [-0.2, 0) is 22.7 Å². The van der Waals surface area contributed by atoms with E-state index in [4.69, 9.17) is 0 Å². The van der Waals surface area contributed by atoms with Crippen LogP contribution in [0.15, 0.2) is 77.7 Å². The summed E-state index contributed by atoms with van der Waals surface area (Å²) in [4.78, 5) is 12.9. The largest absolute Gasteiger partial charge is 0.416 e. The third kappa shape index (κ3) is 5.11. The molecule has 3 aromatic carbocycles. The van der Waals surface area contributed by atoms with Crippen LogP contribution in [0.4, 0.5) is 18.9 Å². The summed E-state index contributed by atoms with van der Waals surface area (Å²) < 4.78 is 65.7. The van der Waals surface area contributed by atoms with Gasteiger partial charge in [-0.2, -0.15) is 13.2 Å². The molecule has 0 fully saturated rings. The lowest BCUT2D eigenvalue weighted by Crippen LogP contribution is -2.30. The first-order valence-corrected chi connectivity index (χ1v) is 11.0. The first kappa shape index (κ1) is 23.3. The first-order valence-electron chi connectivity index (χ1n) is 9.59. The molecule has 1 amide bonds. The van der Waals surface area contributed by atoms with Crippen molar-refractivity contribution in [1.82, 2.24) is 5.32 Å². The Morgan fingerprint density at radius 3 is 2.28 bits per heavy atom. The van der Waals surface area contributed by atoms with Crippen LogP contribution in [0.2, 0.25) is 0 Å². The molecule has 0 atom stereocenters. The Kier molecular flexibility index (Phi) is 6.59. The van der Waals surface area contributed by atoms with E-state index in [0.29, 0.717) is 0 Å². The average Bonchev–Trinajstić information content (AvgIpc) is 2.77. The highest BCUT2D eigenvalue weighted by atomic mass is 32.2. The van der Waals surface area contributed by atoms with Crippen LogP contribution >= 0.6 is 0 Å². The van der Waals surface area contributed by atoms with Crippen LogP contribution in [0.5, 0.6) is 0 Å². The van der Waals surface area contributed by atoms with Crippen LogP contribution < -0.4 is 9.62 Å². The van der Waals surface area contributed by atoms with E-state index in [1.807, 2.05) is 6.92 Å². The summed E-state index contributed by atoms with van der Waals surface area (Å²) in [6.45, 7) is 1.69. The maximum absolute atomic E-state index is 13.0. The van der Waals surface area contributed by atoms with Gasteiger partial charge in [-0.3, -0.25) is 9.10 Å². The molecule has 0 aromatic heterocycles. The van der Waals surface area contributed by atoms with Gasteiger partial charge in [0.25, 0.3) is 15.9 Å². The number of sulfonamides is 1. The SMILES string of the molecule is Cc1ccc(S(=O)(=O)N(C)c2ccccc2C(=O)NCc2cccc(C(F)(F)F)c2)cc1. The zero-order valence-electron chi connectivity index (χ0n) is 17.3. The topological polar surface area (TPSA) is 66.5 Å². The second kappa shape index (κ2) is 9.04. The van der Waals surface area contributed by atoms with Crippen molar-refractivity contribution in [2.75, 3.05) is 11.4 Å². The summed E-state index contributed by atoms with van der Waals surface area (Å²) >= 11 is 0. The lowest BCUT2D eigenvalue weighted by Gasteiger charge is -2.22. The molecule has 32 heavy (non-hydrogen) atoms. The lowest BCUT2D eigenvalue weighted by atomic mass is 10.1. The van der Waals surface area contributed by atoms with Gasteiger partial charge < -0.3 is 5.32 Å². The Morgan fingerprint density at radius 2 is 1.62 bits per heavy atom. The van der Waals surface area contributed by atoms with E-state index in [9.17, 15) is 26.4 Å². The second-order valence-corrected chi connectivity index (χ2v) is 9.15. The molecule has 0 aliphatic heterocycles. The van der Waals surface area contributed by atoms with Crippen molar-refractivity contribution in [1.29, 1.82) is 0 Å². The van der Waals surface area contributed by atoms with Crippen LogP contribution in [0.3, 0.4) is 0 Å². The number of hydrogen-bond donors (Lipinski definition) is 1. The highest BCUT2D eigenvalue weighted by Gasteiger charge is 2.30. The number of benzene rings is 3. The molecule has 0 spiro atoms. The summed E-state index contributed by atoms with van der Waals surface area (Å²) in [6, 6.07) is 17.1.